The van der Waals surface area contributed by atoms with Crippen LogP contribution in [0.15, 0.2) is 0 Å². The van der Waals surface area contributed by atoms with Gasteiger partial charge in [0, 0.05) is 18.6 Å². The Hall–Kier alpha value is -0.0800. The van der Waals surface area contributed by atoms with Crippen molar-refractivity contribution in [1.82, 2.24) is 10.2 Å². The second-order valence-corrected chi connectivity index (χ2v) is 8.14. The highest BCUT2D eigenvalue weighted by Crippen LogP contribution is 2.49. The first-order chi connectivity index (χ1) is 9.23. The highest BCUT2D eigenvalue weighted by Gasteiger charge is 2.44. The molecule has 1 heterocycles. The fraction of sp³-hybridized carbons (Fsp3) is 1.00. The van der Waals surface area contributed by atoms with E-state index in [2.05, 4.69) is 17.1 Å². The standard InChI is InChI=1S/C17H30N2/c1-17(16-5-6-16)12-19(8-2-7-18-17)11-15-10-13-3-4-14(15)9-13/h13-16,18H,2-12H2,1H3. The van der Waals surface area contributed by atoms with Crippen LogP contribution in [-0.4, -0.2) is 36.6 Å². The maximum absolute atomic E-state index is 3.87. The molecule has 4 fully saturated rings. The molecule has 3 saturated carbocycles. The molecule has 108 valence electrons. The summed E-state index contributed by atoms with van der Waals surface area (Å²) in [6, 6.07) is 0. The molecule has 4 unspecified atom stereocenters. The Kier molecular flexibility index (Phi) is 3.15. The number of nitrogens with one attached hydrogen (secondary N) is 1. The minimum atomic E-state index is 0.425. The second-order valence-electron chi connectivity index (χ2n) is 8.14. The number of nitrogens with zero attached hydrogens (tertiary/aromatic N) is 1. The zero-order chi connectivity index (χ0) is 12.9. The van der Waals surface area contributed by atoms with Crippen LogP contribution in [0.1, 0.15) is 51.9 Å². The van der Waals surface area contributed by atoms with Crippen molar-refractivity contribution in [2.75, 3.05) is 26.2 Å². The van der Waals surface area contributed by atoms with E-state index in [1.165, 1.54) is 45.4 Å². The molecule has 0 aromatic heterocycles. The molecule has 1 saturated heterocycles. The minimum absolute atomic E-state index is 0.425. The number of hydrogen-bond donors (Lipinski definition) is 1. The molecule has 1 aliphatic heterocycles. The molecule has 0 aromatic rings. The molecule has 19 heavy (non-hydrogen) atoms. The Morgan fingerprint density at radius 2 is 2.05 bits per heavy atom. The molecule has 0 spiro atoms. The lowest BCUT2D eigenvalue weighted by molar-refractivity contribution is 0.154. The summed E-state index contributed by atoms with van der Waals surface area (Å²) in [5.41, 5.74) is 0.425. The summed E-state index contributed by atoms with van der Waals surface area (Å²) in [4.78, 5) is 2.82. The van der Waals surface area contributed by atoms with Crippen molar-refractivity contribution < 1.29 is 0 Å². The highest BCUT2D eigenvalue weighted by molar-refractivity contribution is 5.01. The molecular formula is C17H30N2. The molecule has 0 amide bonds. The van der Waals surface area contributed by atoms with E-state index in [1.807, 2.05) is 0 Å². The molecule has 4 atom stereocenters. The first kappa shape index (κ1) is 12.6. The van der Waals surface area contributed by atoms with Crippen LogP contribution in [0, 0.1) is 23.7 Å². The van der Waals surface area contributed by atoms with Gasteiger partial charge in [-0.3, -0.25) is 0 Å². The van der Waals surface area contributed by atoms with Crippen molar-refractivity contribution in [2.45, 2.75) is 57.4 Å². The van der Waals surface area contributed by atoms with Crippen LogP contribution in [0.2, 0.25) is 0 Å². The summed E-state index contributed by atoms with van der Waals surface area (Å²) in [6.07, 6.45) is 10.5. The zero-order valence-corrected chi connectivity index (χ0v) is 12.5. The summed E-state index contributed by atoms with van der Waals surface area (Å²) >= 11 is 0. The molecule has 2 heteroatoms. The van der Waals surface area contributed by atoms with Gasteiger partial charge in [-0.05, 0) is 82.2 Å². The van der Waals surface area contributed by atoms with Gasteiger partial charge in [0.2, 0.25) is 0 Å². The number of hydrogen-bond acceptors (Lipinski definition) is 2. The molecular weight excluding hydrogens is 232 g/mol. The van der Waals surface area contributed by atoms with Gasteiger partial charge in [-0.25, -0.2) is 0 Å². The van der Waals surface area contributed by atoms with Crippen LogP contribution >= 0.6 is 0 Å². The van der Waals surface area contributed by atoms with Gasteiger partial charge in [0.05, 0.1) is 0 Å². The third-order valence-corrected chi connectivity index (χ3v) is 6.59. The van der Waals surface area contributed by atoms with Gasteiger partial charge in [0.25, 0.3) is 0 Å². The van der Waals surface area contributed by atoms with E-state index in [1.54, 1.807) is 25.7 Å². The third-order valence-electron chi connectivity index (χ3n) is 6.59. The van der Waals surface area contributed by atoms with Gasteiger partial charge in [-0.1, -0.05) is 6.42 Å². The number of rotatable bonds is 3. The van der Waals surface area contributed by atoms with E-state index in [4.69, 9.17) is 0 Å². The van der Waals surface area contributed by atoms with Crippen LogP contribution < -0.4 is 5.32 Å². The van der Waals surface area contributed by atoms with Gasteiger partial charge in [0.15, 0.2) is 0 Å². The summed E-state index contributed by atoms with van der Waals surface area (Å²) in [5.74, 6) is 4.21. The first-order valence-corrected chi connectivity index (χ1v) is 8.70. The largest absolute Gasteiger partial charge is 0.310 e. The fourth-order valence-electron chi connectivity index (χ4n) is 5.36. The predicted molar refractivity (Wildman–Crippen MR) is 79.1 cm³/mol. The Morgan fingerprint density at radius 1 is 1.16 bits per heavy atom. The lowest BCUT2D eigenvalue weighted by Gasteiger charge is -2.36. The molecule has 1 N–H and O–H groups in total. The zero-order valence-electron chi connectivity index (χ0n) is 12.5. The van der Waals surface area contributed by atoms with Crippen LogP contribution in [0.4, 0.5) is 0 Å². The van der Waals surface area contributed by atoms with Gasteiger partial charge >= 0.3 is 0 Å². The van der Waals surface area contributed by atoms with Crippen molar-refractivity contribution >= 4 is 0 Å². The topological polar surface area (TPSA) is 15.3 Å². The molecule has 4 rings (SSSR count). The fourth-order valence-corrected chi connectivity index (χ4v) is 5.36. The van der Waals surface area contributed by atoms with Crippen molar-refractivity contribution in [2.24, 2.45) is 23.7 Å². The van der Waals surface area contributed by atoms with E-state index in [9.17, 15) is 0 Å². The lowest BCUT2D eigenvalue weighted by atomic mass is 9.87. The van der Waals surface area contributed by atoms with Gasteiger partial charge < -0.3 is 10.2 Å². The van der Waals surface area contributed by atoms with Gasteiger partial charge in [0.1, 0.15) is 0 Å². The molecule has 2 nitrogen and oxygen atoms in total. The van der Waals surface area contributed by atoms with E-state index < -0.39 is 0 Å². The minimum Gasteiger partial charge on any atom is -0.310 e. The van der Waals surface area contributed by atoms with Crippen molar-refractivity contribution in [1.29, 1.82) is 0 Å². The molecule has 2 bridgehead atoms. The average molecular weight is 262 g/mol. The summed E-state index contributed by atoms with van der Waals surface area (Å²) in [6.45, 7) is 7.78. The normalized spacial score (nSPS) is 47.5. The maximum Gasteiger partial charge on any atom is 0.0308 e. The Balaban J connectivity index is 1.39. The van der Waals surface area contributed by atoms with Crippen LogP contribution in [0.3, 0.4) is 0 Å². The third kappa shape index (κ3) is 2.47. The predicted octanol–water partition coefficient (Wildman–Crippen LogP) is 2.89. The SMILES string of the molecule is CC1(C2CC2)CN(CC2CC3CCC2C3)CCCN1. The van der Waals surface area contributed by atoms with Crippen LogP contribution in [0.25, 0.3) is 0 Å². The van der Waals surface area contributed by atoms with Crippen molar-refractivity contribution in [3.8, 4) is 0 Å². The van der Waals surface area contributed by atoms with Crippen molar-refractivity contribution in [3.05, 3.63) is 0 Å². The Morgan fingerprint density at radius 3 is 2.74 bits per heavy atom. The summed E-state index contributed by atoms with van der Waals surface area (Å²) < 4.78 is 0. The molecule has 4 aliphatic rings. The number of fused-ring (bicyclic) bond motifs is 2. The smallest absolute Gasteiger partial charge is 0.0308 e. The molecule has 0 aromatic carbocycles. The van der Waals surface area contributed by atoms with Gasteiger partial charge in [-0.15, -0.1) is 0 Å². The molecule has 3 aliphatic carbocycles. The maximum atomic E-state index is 3.87. The second kappa shape index (κ2) is 4.73. The van der Waals surface area contributed by atoms with Crippen LogP contribution in [-0.2, 0) is 0 Å². The Bertz CT molecular complexity index is 338. The van der Waals surface area contributed by atoms with Crippen LogP contribution in [0.5, 0.6) is 0 Å². The summed E-state index contributed by atoms with van der Waals surface area (Å²) in [5, 5.41) is 3.87. The molecule has 0 radical (unpaired) electrons. The quantitative estimate of drug-likeness (QED) is 0.841. The Labute approximate surface area is 118 Å². The first-order valence-electron chi connectivity index (χ1n) is 8.70. The highest BCUT2D eigenvalue weighted by atomic mass is 15.2. The van der Waals surface area contributed by atoms with E-state index in [-0.39, 0.29) is 0 Å². The van der Waals surface area contributed by atoms with E-state index in [0.29, 0.717) is 5.54 Å². The average Bonchev–Trinajstić information content (AvgIpc) is 3.10. The van der Waals surface area contributed by atoms with Gasteiger partial charge in [-0.2, -0.15) is 0 Å². The monoisotopic (exact) mass is 262 g/mol. The van der Waals surface area contributed by atoms with Crippen molar-refractivity contribution in [3.63, 3.8) is 0 Å². The van der Waals surface area contributed by atoms with E-state index in [0.717, 1.165) is 23.7 Å². The lowest BCUT2D eigenvalue weighted by Crippen LogP contribution is -2.51. The summed E-state index contributed by atoms with van der Waals surface area (Å²) in [7, 11) is 0. The van der Waals surface area contributed by atoms with E-state index >= 15 is 0 Å².